The number of hydrogen-bond acceptors (Lipinski definition) is 3. The number of pyridine rings is 1. The molecule has 2 aromatic rings. The highest BCUT2D eigenvalue weighted by atomic mass is 15.1. The van der Waals surface area contributed by atoms with E-state index >= 15 is 0 Å². The van der Waals surface area contributed by atoms with Gasteiger partial charge in [0.05, 0.1) is 0 Å². The molecule has 0 aliphatic carbocycles. The molecule has 0 aromatic carbocycles. The third kappa shape index (κ3) is 3.01. The molecule has 0 amide bonds. The van der Waals surface area contributed by atoms with Gasteiger partial charge in [-0.1, -0.05) is 19.9 Å². The van der Waals surface area contributed by atoms with E-state index in [0.29, 0.717) is 0 Å². The Hall–Kier alpha value is -1.68. The third-order valence-corrected chi connectivity index (χ3v) is 3.21. The van der Waals surface area contributed by atoms with Crippen LogP contribution in [0.4, 0.5) is 0 Å². The molecule has 4 heteroatoms. The van der Waals surface area contributed by atoms with Gasteiger partial charge >= 0.3 is 0 Å². The normalized spacial score (nSPS) is 12.6. The molecule has 0 aliphatic rings. The van der Waals surface area contributed by atoms with Crippen LogP contribution in [0.5, 0.6) is 0 Å². The number of nitrogens with zero attached hydrogens (tertiary/aromatic N) is 3. The van der Waals surface area contributed by atoms with Gasteiger partial charge in [0.15, 0.2) is 0 Å². The SMILES string of the molecule is CCCc1nccn1-c1ncccc1C(C)NCC. The maximum Gasteiger partial charge on any atom is 0.142 e. The molecule has 2 aromatic heterocycles. The Morgan fingerprint density at radius 1 is 1.26 bits per heavy atom. The van der Waals surface area contributed by atoms with E-state index in [1.54, 1.807) is 0 Å². The monoisotopic (exact) mass is 258 g/mol. The average Bonchev–Trinajstić information content (AvgIpc) is 2.87. The summed E-state index contributed by atoms with van der Waals surface area (Å²) in [5.41, 5.74) is 1.21. The molecule has 0 saturated carbocycles. The molecule has 1 N–H and O–H groups in total. The van der Waals surface area contributed by atoms with E-state index in [2.05, 4.69) is 46.7 Å². The molecule has 1 unspecified atom stereocenters. The van der Waals surface area contributed by atoms with Gasteiger partial charge in [-0.2, -0.15) is 0 Å². The second kappa shape index (κ2) is 6.48. The Labute approximate surface area is 114 Å². The lowest BCUT2D eigenvalue weighted by Gasteiger charge is -2.17. The topological polar surface area (TPSA) is 42.7 Å². The largest absolute Gasteiger partial charge is 0.310 e. The number of imidazole rings is 1. The van der Waals surface area contributed by atoms with Crippen molar-refractivity contribution >= 4 is 0 Å². The predicted molar refractivity (Wildman–Crippen MR) is 77.4 cm³/mol. The maximum atomic E-state index is 4.55. The molecule has 0 bridgehead atoms. The van der Waals surface area contributed by atoms with E-state index in [-0.39, 0.29) is 6.04 Å². The van der Waals surface area contributed by atoms with Gasteiger partial charge in [0.1, 0.15) is 11.6 Å². The van der Waals surface area contributed by atoms with Crippen LogP contribution in [0.3, 0.4) is 0 Å². The molecule has 19 heavy (non-hydrogen) atoms. The lowest BCUT2D eigenvalue weighted by Crippen LogP contribution is -2.20. The van der Waals surface area contributed by atoms with Crippen LogP contribution in [0.25, 0.3) is 5.82 Å². The summed E-state index contributed by atoms with van der Waals surface area (Å²) in [5, 5.41) is 3.44. The lowest BCUT2D eigenvalue weighted by molar-refractivity contribution is 0.591. The van der Waals surface area contributed by atoms with Gasteiger partial charge in [-0.15, -0.1) is 0 Å². The van der Waals surface area contributed by atoms with Gasteiger partial charge in [0, 0.05) is 36.6 Å². The van der Waals surface area contributed by atoms with Crippen molar-refractivity contribution in [1.29, 1.82) is 0 Å². The summed E-state index contributed by atoms with van der Waals surface area (Å²) in [6.45, 7) is 7.40. The van der Waals surface area contributed by atoms with Crippen LogP contribution in [-0.2, 0) is 6.42 Å². The van der Waals surface area contributed by atoms with Crippen molar-refractivity contribution in [3.63, 3.8) is 0 Å². The second-order valence-electron chi connectivity index (χ2n) is 4.66. The van der Waals surface area contributed by atoms with Crippen molar-refractivity contribution in [3.05, 3.63) is 42.1 Å². The highest BCUT2D eigenvalue weighted by molar-refractivity contribution is 5.37. The molecule has 0 aliphatic heterocycles. The molecule has 0 saturated heterocycles. The molecule has 2 heterocycles. The van der Waals surface area contributed by atoms with Crippen molar-refractivity contribution in [2.24, 2.45) is 0 Å². The zero-order valence-electron chi connectivity index (χ0n) is 11.9. The minimum atomic E-state index is 0.283. The first-order chi connectivity index (χ1) is 9.27. The van der Waals surface area contributed by atoms with Crippen LogP contribution in [0, 0.1) is 0 Å². The van der Waals surface area contributed by atoms with Crippen molar-refractivity contribution < 1.29 is 0 Å². The molecule has 0 fully saturated rings. The van der Waals surface area contributed by atoms with Crippen LogP contribution in [0.1, 0.15) is 44.6 Å². The summed E-state index contributed by atoms with van der Waals surface area (Å²) in [7, 11) is 0. The molecule has 0 spiro atoms. The number of aromatic nitrogens is 3. The number of aryl methyl sites for hydroxylation is 1. The molecule has 2 rings (SSSR count). The van der Waals surface area contributed by atoms with Crippen molar-refractivity contribution in [2.45, 2.75) is 39.7 Å². The second-order valence-corrected chi connectivity index (χ2v) is 4.66. The van der Waals surface area contributed by atoms with E-state index in [1.165, 1.54) is 5.56 Å². The van der Waals surface area contributed by atoms with Gasteiger partial charge < -0.3 is 5.32 Å². The first-order valence-electron chi connectivity index (χ1n) is 6.98. The summed E-state index contributed by atoms with van der Waals surface area (Å²) >= 11 is 0. The Morgan fingerprint density at radius 2 is 2.11 bits per heavy atom. The zero-order valence-corrected chi connectivity index (χ0v) is 11.9. The van der Waals surface area contributed by atoms with Crippen LogP contribution in [0.15, 0.2) is 30.7 Å². The molecule has 0 radical (unpaired) electrons. The third-order valence-electron chi connectivity index (χ3n) is 3.21. The van der Waals surface area contributed by atoms with Gasteiger partial charge in [0.2, 0.25) is 0 Å². The Bertz CT molecular complexity index is 518. The fourth-order valence-corrected chi connectivity index (χ4v) is 2.30. The summed E-state index contributed by atoms with van der Waals surface area (Å²) in [5.74, 6) is 2.06. The van der Waals surface area contributed by atoms with Crippen LogP contribution < -0.4 is 5.32 Å². The maximum absolute atomic E-state index is 4.55. The smallest absolute Gasteiger partial charge is 0.142 e. The Balaban J connectivity index is 2.41. The van der Waals surface area contributed by atoms with Gasteiger partial charge in [-0.25, -0.2) is 9.97 Å². The molecular formula is C15H22N4. The van der Waals surface area contributed by atoms with E-state index in [1.807, 2.05) is 24.7 Å². The fraction of sp³-hybridized carbons (Fsp3) is 0.467. The standard InChI is InChI=1S/C15H22N4/c1-4-7-14-17-10-11-19(14)15-13(8-6-9-18-15)12(3)16-5-2/h6,8-12,16H,4-5,7H2,1-3H3. The first kappa shape index (κ1) is 13.7. The quantitative estimate of drug-likeness (QED) is 0.866. The Kier molecular flexibility index (Phi) is 4.68. The van der Waals surface area contributed by atoms with Gasteiger partial charge in [0.25, 0.3) is 0 Å². The number of rotatable bonds is 6. The highest BCUT2D eigenvalue weighted by Gasteiger charge is 2.14. The van der Waals surface area contributed by atoms with Gasteiger partial charge in [-0.05, 0) is 26.0 Å². The summed E-state index contributed by atoms with van der Waals surface area (Å²) < 4.78 is 2.10. The zero-order chi connectivity index (χ0) is 13.7. The van der Waals surface area contributed by atoms with Crippen LogP contribution >= 0.6 is 0 Å². The van der Waals surface area contributed by atoms with E-state index < -0.39 is 0 Å². The molecule has 4 nitrogen and oxygen atoms in total. The Morgan fingerprint density at radius 3 is 2.84 bits per heavy atom. The number of hydrogen-bond donors (Lipinski definition) is 1. The van der Waals surface area contributed by atoms with E-state index in [9.17, 15) is 0 Å². The molecular weight excluding hydrogens is 236 g/mol. The molecule has 102 valence electrons. The first-order valence-corrected chi connectivity index (χ1v) is 6.98. The minimum Gasteiger partial charge on any atom is -0.310 e. The lowest BCUT2D eigenvalue weighted by atomic mass is 10.1. The van der Waals surface area contributed by atoms with Crippen molar-refractivity contribution in [3.8, 4) is 5.82 Å². The van der Waals surface area contributed by atoms with Crippen LogP contribution in [0.2, 0.25) is 0 Å². The summed E-state index contributed by atoms with van der Waals surface area (Å²) in [6.07, 6.45) is 7.74. The van der Waals surface area contributed by atoms with E-state index in [0.717, 1.165) is 31.0 Å². The van der Waals surface area contributed by atoms with Crippen molar-refractivity contribution in [2.75, 3.05) is 6.54 Å². The highest BCUT2D eigenvalue weighted by Crippen LogP contribution is 2.20. The minimum absolute atomic E-state index is 0.283. The average molecular weight is 258 g/mol. The van der Waals surface area contributed by atoms with E-state index in [4.69, 9.17) is 0 Å². The van der Waals surface area contributed by atoms with Crippen LogP contribution in [-0.4, -0.2) is 21.1 Å². The predicted octanol–water partition coefficient (Wildman–Crippen LogP) is 2.89. The van der Waals surface area contributed by atoms with Gasteiger partial charge in [-0.3, -0.25) is 4.57 Å². The summed E-state index contributed by atoms with van der Waals surface area (Å²) in [4.78, 5) is 8.98. The molecule has 1 atom stereocenters. The fourth-order valence-electron chi connectivity index (χ4n) is 2.30. The van der Waals surface area contributed by atoms with Crippen molar-refractivity contribution in [1.82, 2.24) is 19.9 Å². The number of nitrogens with one attached hydrogen (secondary N) is 1. The summed E-state index contributed by atoms with van der Waals surface area (Å²) in [6, 6.07) is 4.40.